The van der Waals surface area contributed by atoms with Crippen LogP contribution in [-0.2, 0) is 3.79 Å². The molecule has 0 radical (unpaired) electrons. The normalized spacial score (nSPS) is 10.8. The highest BCUT2D eigenvalue weighted by molar-refractivity contribution is 6.66. The van der Waals surface area contributed by atoms with Gasteiger partial charge in [0, 0.05) is 11.6 Å². The van der Waals surface area contributed by atoms with Gasteiger partial charge in [0.25, 0.3) is 5.69 Å². The molecule has 0 spiro atoms. The first kappa shape index (κ1) is 12.1. The number of nitrogens with zero attached hydrogens (tertiary/aromatic N) is 2. The Morgan fingerprint density at radius 3 is 2.40 bits per heavy atom. The molecule has 0 heterocycles. The third kappa shape index (κ3) is 2.72. The van der Waals surface area contributed by atoms with E-state index < -0.39 is 8.72 Å². The summed E-state index contributed by atoms with van der Waals surface area (Å²) in [6.07, 6.45) is 0. The topological polar surface area (TPSA) is 66.9 Å². The number of hydrogen-bond donors (Lipinski definition) is 0. The van der Waals surface area contributed by atoms with Crippen LogP contribution in [-0.4, -0.2) is 4.92 Å². The zero-order valence-electron chi connectivity index (χ0n) is 7.08. The van der Waals surface area contributed by atoms with Gasteiger partial charge in [-0.1, -0.05) is 40.9 Å². The molecule has 0 fully saturated rings. The number of nitro benzene ring substituents is 1. The molecule has 0 aromatic heterocycles. The largest absolute Gasteiger partial charge is 0.287 e. The molecule has 0 bridgehead atoms. The van der Waals surface area contributed by atoms with E-state index in [0.29, 0.717) is 0 Å². The number of nitriles is 1. The minimum Gasteiger partial charge on any atom is -0.258 e. The molecule has 0 unspecified atom stereocenters. The molecule has 0 aliphatic heterocycles. The molecule has 0 N–H and O–H groups in total. The molecule has 0 saturated carbocycles. The molecule has 0 atom stereocenters. The zero-order chi connectivity index (χ0) is 11.6. The lowest BCUT2D eigenvalue weighted by atomic mass is 10.1. The van der Waals surface area contributed by atoms with E-state index in [2.05, 4.69) is 0 Å². The number of hydrogen-bond acceptors (Lipinski definition) is 3. The first-order valence-electron chi connectivity index (χ1n) is 3.62. The summed E-state index contributed by atoms with van der Waals surface area (Å²) in [5.74, 6) is 0. The number of alkyl halides is 3. The second kappa shape index (κ2) is 4.23. The molecular formula is C8H3Cl3N2O2. The fourth-order valence-electron chi connectivity index (χ4n) is 0.954. The van der Waals surface area contributed by atoms with Gasteiger partial charge in [-0.2, -0.15) is 5.26 Å². The van der Waals surface area contributed by atoms with Gasteiger partial charge in [-0.25, -0.2) is 0 Å². The molecule has 0 amide bonds. The smallest absolute Gasteiger partial charge is 0.258 e. The predicted octanol–water partition coefficient (Wildman–Crippen LogP) is 3.29. The summed E-state index contributed by atoms with van der Waals surface area (Å²) in [6, 6.07) is 5.36. The summed E-state index contributed by atoms with van der Waals surface area (Å²) in [5, 5.41) is 19.2. The van der Waals surface area contributed by atoms with Gasteiger partial charge in [-0.15, -0.1) is 0 Å². The van der Waals surface area contributed by atoms with E-state index in [1.54, 1.807) is 6.07 Å². The Morgan fingerprint density at radius 2 is 2.00 bits per heavy atom. The van der Waals surface area contributed by atoms with Crippen molar-refractivity contribution in [3.63, 3.8) is 0 Å². The van der Waals surface area contributed by atoms with Crippen molar-refractivity contribution in [2.75, 3.05) is 0 Å². The van der Waals surface area contributed by atoms with E-state index >= 15 is 0 Å². The Hall–Kier alpha value is -1.02. The van der Waals surface area contributed by atoms with Crippen LogP contribution in [0.1, 0.15) is 11.1 Å². The fourth-order valence-corrected chi connectivity index (χ4v) is 1.31. The lowest BCUT2D eigenvalue weighted by molar-refractivity contribution is -0.385. The summed E-state index contributed by atoms with van der Waals surface area (Å²) >= 11 is 16.7. The summed E-state index contributed by atoms with van der Waals surface area (Å²) < 4.78 is -1.74. The monoisotopic (exact) mass is 264 g/mol. The molecule has 0 aliphatic rings. The first-order chi connectivity index (χ1) is 6.86. The van der Waals surface area contributed by atoms with E-state index in [0.717, 1.165) is 6.07 Å². The minimum atomic E-state index is -1.74. The summed E-state index contributed by atoms with van der Waals surface area (Å²) in [5.41, 5.74) is -0.294. The third-order valence-electron chi connectivity index (χ3n) is 1.64. The van der Waals surface area contributed by atoms with Crippen LogP contribution < -0.4 is 0 Å². The van der Waals surface area contributed by atoms with Crippen molar-refractivity contribution in [1.29, 1.82) is 5.26 Å². The van der Waals surface area contributed by atoms with Crippen LogP contribution in [0.3, 0.4) is 0 Å². The SMILES string of the molecule is N#Cc1ccc(C(Cl)(Cl)Cl)cc1[N+](=O)[O-]. The molecule has 1 aromatic carbocycles. The summed E-state index contributed by atoms with van der Waals surface area (Å²) in [6.45, 7) is 0. The predicted molar refractivity (Wildman–Crippen MR) is 57.0 cm³/mol. The van der Waals surface area contributed by atoms with Crippen LogP contribution >= 0.6 is 34.8 Å². The molecule has 15 heavy (non-hydrogen) atoms. The molecule has 4 nitrogen and oxygen atoms in total. The second-order valence-electron chi connectivity index (χ2n) is 2.60. The lowest BCUT2D eigenvalue weighted by Crippen LogP contribution is -2.02. The van der Waals surface area contributed by atoms with E-state index in [9.17, 15) is 10.1 Å². The van der Waals surface area contributed by atoms with E-state index in [-0.39, 0.29) is 16.8 Å². The van der Waals surface area contributed by atoms with Gasteiger partial charge in [0.2, 0.25) is 3.79 Å². The van der Waals surface area contributed by atoms with E-state index in [4.69, 9.17) is 40.1 Å². The van der Waals surface area contributed by atoms with E-state index in [1.165, 1.54) is 12.1 Å². The van der Waals surface area contributed by atoms with Crippen LogP contribution in [0.25, 0.3) is 0 Å². The molecule has 1 aromatic rings. The molecule has 1 rings (SSSR count). The van der Waals surface area contributed by atoms with Gasteiger partial charge in [0.15, 0.2) is 0 Å². The van der Waals surface area contributed by atoms with Crippen LogP contribution in [0, 0.1) is 21.4 Å². The van der Waals surface area contributed by atoms with Gasteiger partial charge < -0.3 is 0 Å². The average molecular weight is 265 g/mol. The Bertz CT molecular complexity index is 448. The Morgan fingerprint density at radius 1 is 1.40 bits per heavy atom. The zero-order valence-corrected chi connectivity index (χ0v) is 9.34. The van der Waals surface area contributed by atoms with Crippen molar-refractivity contribution in [3.05, 3.63) is 39.4 Å². The van der Waals surface area contributed by atoms with E-state index in [1.807, 2.05) is 0 Å². The maximum Gasteiger partial charge on any atom is 0.287 e. The van der Waals surface area contributed by atoms with Gasteiger partial charge in [-0.05, 0) is 6.07 Å². The highest BCUT2D eigenvalue weighted by Gasteiger charge is 2.26. The standard InChI is InChI=1S/C8H3Cl3N2O2/c9-8(10,11)6-2-1-5(4-12)7(3-6)13(14)15/h1-3H. The molecule has 7 heteroatoms. The lowest BCUT2D eigenvalue weighted by Gasteiger charge is -2.10. The van der Waals surface area contributed by atoms with Gasteiger partial charge in [0.05, 0.1) is 4.92 Å². The average Bonchev–Trinajstić information content (AvgIpc) is 2.15. The highest BCUT2D eigenvalue weighted by atomic mass is 35.6. The van der Waals surface area contributed by atoms with Gasteiger partial charge in [0.1, 0.15) is 11.6 Å². The van der Waals surface area contributed by atoms with Crippen molar-refractivity contribution in [3.8, 4) is 6.07 Å². The third-order valence-corrected chi connectivity index (χ3v) is 2.30. The van der Waals surface area contributed by atoms with Crippen molar-refractivity contribution in [2.24, 2.45) is 0 Å². The summed E-state index contributed by atoms with van der Waals surface area (Å²) in [7, 11) is 0. The van der Waals surface area contributed by atoms with Crippen LogP contribution in [0.2, 0.25) is 0 Å². The number of rotatable bonds is 1. The fraction of sp³-hybridized carbons (Fsp3) is 0.125. The number of nitro groups is 1. The Kier molecular flexibility index (Phi) is 3.40. The number of benzene rings is 1. The molecule has 0 aliphatic carbocycles. The highest BCUT2D eigenvalue weighted by Crippen LogP contribution is 2.39. The van der Waals surface area contributed by atoms with Crippen LogP contribution in [0.4, 0.5) is 5.69 Å². The van der Waals surface area contributed by atoms with Gasteiger partial charge >= 0.3 is 0 Å². The van der Waals surface area contributed by atoms with Crippen molar-refractivity contribution in [2.45, 2.75) is 3.79 Å². The maximum absolute atomic E-state index is 10.6. The maximum atomic E-state index is 10.6. The Labute approximate surface area is 100 Å². The van der Waals surface area contributed by atoms with Crippen molar-refractivity contribution in [1.82, 2.24) is 0 Å². The first-order valence-corrected chi connectivity index (χ1v) is 4.75. The van der Waals surface area contributed by atoms with Crippen molar-refractivity contribution >= 4 is 40.5 Å². The number of halogens is 3. The van der Waals surface area contributed by atoms with Gasteiger partial charge in [-0.3, -0.25) is 10.1 Å². The van der Waals surface area contributed by atoms with Crippen LogP contribution in [0.15, 0.2) is 18.2 Å². The minimum absolute atomic E-state index is 0.0713. The van der Waals surface area contributed by atoms with Crippen molar-refractivity contribution < 1.29 is 4.92 Å². The quantitative estimate of drug-likeness (QED) is 0.444. The Balaban J connectivity index is 3.37. The van der Waals surface area contributed by atoms with Crippen LogP contribution in [0.5, 0.6) is 0 Å². The molecule has 0 saturated heterocycles. The summed E-state index contributed by atoms with van der Waals surface area (Å²) in [4.78, 5) is 9.89. The second-order valence-corrected chi connectivity index (χ2v) is 4.88. The molecular weight excluding hydrogens is 262 g/mol. The molecule has 78 valence electrons.